The fourth-order valence-electron chi connectivity index (χ4n) is 3.71. The first kappa shape index (κ1) is 17.6. The molecular formula is C18H17F3N4O2. The third kappa shape index (κ3) is 3.29. The smallest absolute Gasteiger partial charge is 0.433 e. The van der Waals surface area contributed by atoms with Crippen LogP contribution in [0.4, 0.5) is 23.8 Å². The number of cyclic esters (lactones) is 1. The van der Waals surface area contributed by atoms with Crippen LogP contribution in [-0.2, 0) is 17.3 Å². The maximum Gasteiger partial charge on any atom is 0.433 e. The molecule has 0 bridgehead atoms. The number of hydrogen-bond donors (Lipinski definition) is 0. The molecule has 27 heavy (non-hydrogen) atoms. The predicted molar refractivity (Wildman–Crippen MR) is 90.2 cm³/mol. The average Bonchev–Trinajstić information content (AvgIpc) is 2.98. The number of aromatic nitrogens is 2. The molecule has 2 fully saturated rings. The van der Waals surface area contributed by atoms with Gasteiger partial charge in [0.25, 0.3) is 0 Å². The number of halogens is 3. The number of alkyl halides is 3. The zero-order valence-electron chi connectivity index (χ0n) is 14.3. The second kappa shape index (κ2) is 6.40. The fraction of sp³-hybridized carbons (Fsp3) is 0.389. The van der Waals surface area contributed by atoms with Gasteiger partial charge in [-0.1, -0.05) is 30.3 Å². The summed E-state index contributed by atoms with van der Waals surface area (Å²) in [7, 11) is 0. The van der Waals surface area contributed by atoms with Gasteiger partial charge in [-0.25, -0.2) is 14.8 Å². The molecule has 1 aromatic heterocycles. The minimum Gasteiger partial charge on any atom is -0.447 e. The van der Waals surface area contributed by atoms with Crippen LogP contribution in [0.25, 0.3) is 0 Å². The Bertz CT molecular complexity index is 846. The maximum atomic E-state index is 13.0. The molecule has 0 saturated carbocycles. The first-order valence-corrected chi connectivity index (χ1v) is 8.50. The summed E-state index contributed by atoms with van der Waals surface area (Å²) in [5.74, 6) is 0.198. The van der Waals surface area contributed by atoms with Gasteiger partial charge >= 0.3 is 12.3 Å². The van der Waals surface area contributed by atoms with Crippen molar-refractivity contribution in [3.63, 3.8) is 0 Å². The quantitative estimate of drug-likeness (QED) is 0.822. The lowest BCUT2D eigenvalue weighted by molar-refractivity contribution is -0.141. The first-order chi connectivity index (χ1) is 12.9. The van der Waals surface area contributed by atoms with Crippen molar-refractivity contribution in [3.05, 3.63) is 54.0 Å². The highest BCUT2D eigenvalue weighted by Crippen LogP contribution is 2.35. The minimum atomic E-state index is -4.53. The van der Waals surface area contributed by atoms with Crippen molar-refractivity contribution in [3.8, 4) is 0 Å². The van der Waals surface area contributed by atoms with E-state index < -0.39 is 17.4 Å². The third-order valence-electron chi connectivity index (χ3n) is 4.98. The molecule has 6 nitrogen and oxygen atoms in total. The number of hydrogen-bond acceptors (Lipinski definition) is 5. The summed E-state index contributed by atoms with van der Waals surface area (Å²) in [5, 5.41) is 0. The van der Waals surface area contributed by atoms with E-state index in [9.17, 15) is 18.0 Å². The van der Waals surface area contributed by atoms with Gasteiger partial charge < -0.3 is 9.64 Å². The van der Waals surface area contributed by atoms with Gasteiger partial charge in [0.1, 0.15) is 30.0 Å². The second-order valence-corrected chi connectivity index (χ2v) is 6.77. The largest absolute Gasteiger partial charge is 0.447 e. The summed E-state index contributed by atoms with van der Waals surface area (Å²) in [6, 6.07) is 10.6. The Kier molecular flexibility index (Phi) is 4.16. The lowest BCUT2D eigenvalue weighted by Crippen LogP contribution is -2.62. The van der Waals surface area contributed by atoms with Gasteiger partial charge in [-0.15, -0.1) is 0 Å². The highest BCUT2D eigenvalue weighted by molar-refractivity contribution is 5.72. The average molecular weight is 378 g/mol. The first-order valence-electron chi connectivity index (χ1n) is 8.50. The number of piperazine rings is 1. The standard InChI is InChI=1S/C18H17F3N4O2/c19-18(20,21)14-8-15(23-12-22-14)24-6-7-25-16(26)27-11-17(25,10-24)9-13-4-2-1-3-5-13/h1-5,8,12H,6-7,9-11H2. The number of carbonyl (C=O) groups excluding carboxylic acids is 1. The SMILES string of the molecule is O=C1OCC2(Cc3ccccc3)CN(c3cc(C(F)(F)F)ncn3)CCN12. The molecule has 1 unspecified atom stereocenters. The van der Waals surface area contributed by atoms with Crippen LogP contribution in [0.3, 0.4) is 0 Å². The molecule has 2 aromatic rings. The van der Waals surface area contributed by atoms with Crippen LogP contribution in [0.15, 0.2) is 42.7 Å². The molecule has 0 spiro atoms. The number of anilines is 1. The van der Waals surface area contributed by atoms with Crippen LogP contribution in [0, 0.1) is 0 Å². The Hall–Kier alpha value is -2.84. The number of rotatable bonds is 3. The molecule has 0 aliphatic carbocycles. The molecule has 0 radical (unpaired) electrons. The van der Waals surface area contributed by atoms with Gasteiger partial charge in [0.15, 0.2) is 0 Å². The summed E-state index contributed by atoms with van der Waals surface area (Å²) >= 11 is 0. The Balaban J connectivity index is 1.64. The van der Waals surface area contributed by atoms with E-state index in [0.29, 0.717) is 26.1 Å². The van der Waals surface area contributed by atoms with E-state index in [1.807, 2.05) is 30.3 Å². The van der Waals surface area contributed by atoms with Gasteiger partial charge in [-0.3, -0.25) is 4.90 Å². The third-order valence-corrected chi connectivity index (χ3v) is 4.98. The van der Waals surface area contributed by atoms with E-state index in [4.69, 9.17) is 4.74 Å². The molecule has 2 saturated heterocycles. The number of carbonyl (C=O) groups is 1. The second-order valence-electron chi connectivity index (χ2n) is 6.77. The number of ether oxygens (including phenoxy) is 1. The Labute approximate surface area is 153 Å². The molecule has 4 rings (SSSR count). The van der Waals surface area contributed by atoms with Crippen molar-refractivity contribution in [2.45, 2.75) is 18.1 Å². The molecule has 0 N–H and O–H groups in total. The number of nitrogens with zero attached hydrogens (tertiary/aromatic N) is 4. The van der Waals surface area contributed by atoms with Gasteiger partial charge in [0.2, 0.25) is 0 Å². The minimum absolute atomic E-state index is 0.189. The van der Waals surface area contributed by atoms with Gasteiger partial charge in [0.05, 0.1) is 0 Å². The van der Waals surface area contributed by atoms with E-state index in [2.05, 4.69) is 9.97 Å². The number of amides is 1. The summed E-state index contributed by atoms with van der Waals surface area (Å²) in [5.41, 5.74) is -0.591. The summed E-state index contributed by atoms with van der Waals surface area (Å²) in [4.78, 5) is 22.9. The Morgan fingerprint density at radius 3 is 2.67 bits per heavy atom. The highest BCUT2D eigenvalue weighted by Gasteiger charge is 2.51. The van der Waals surface area contributed by atoms with Gasteiger partial charge in [-0.05, 0) is 5.56 Å². The van der Waals surface area contributed by atoms with Crippen molar-refractivity contribution in [2.24, 2.45) is 0 Å². The highest BCUT2D eigenvalue weighted by atomic mass is 19.4. The monoisotopic (exact) mass is 378 g/mol. The van der Waals surface area contributed by atoms with Gasteiger partial charge in [-0.2, -0.15) is 13.2 Å². The van der Waals surface area contributed by atoms with Crippen LogP contribution in [0.2, 0.25) is 0 Å². The zero-order chi connectivity index (χ0) is 19.1. The maximum absolute atomic E-state index is 13.0. The molecule has 9 heteroatoms. The summed E-state index contributed by atoms with van der Waals surface area (Å²) < 4.78 is 44.2. The van der Waals surface area contributed by atoms with E-state index >= 15 is 0 Å². The van der Waals surface area contributed by atoms with Crippen LogP contribution < -0.4 is 4.90 Å². The summed E-state index contributed by atoms with van der Waals surface area (Å²) in [6.07, 6.45) is -3.45. The van der Waals surface area contributed by atoms with E-state index in [0.717, 1.165) is 18.0 Å². The van der Waals surface area contributed by atoms with Crippen molar-refractivity contribution in [2.75, 3.05) is 31.1 Å². The molecule has 3 heterocycles. The van der Waals surface area contributed by atoms with E-state index in [-0.39, 0.29) is 18.5 Å². The molecule has 1 atom stereocenters. The van der Waals surface area contributed by atoms with Crippen LogP contribution in [-0.4, -0.2) is 52.7 Å². The normalized spacial score (nSPS) is 22.6. The Morgan fingerprint density at radius 1 is 1.15 bits per heavy atom. The fourth-order valence-corrected chi connectivity index (χ4v) is 3.71. The number of benzene rings is 1. The zero-order valence-corrected chi connectivity index (χ0v) is 14.3. The van der Waals surface area contributed by atoms with Crippen molar-refractivity contribution in [1.29, 1.82) is 0 Å². The van der Waals surface area contributed by atoms with Crippen molar-refractivity contribution >= 4 is 11.9 Å². The molecule has 1 amide bonds. The topological polar surface area (TPSA) is 58.6 Å². The molecular weight excluding hydrogens is 361 g/mol. The van der Waals surface area contributed by atoms with E-state index in [1.54, 1.807) is 9.80 Å². The number of fused-ring (bicyclic) bond motifs is 1. The predicted octanol–water partition coefficient (Wildman–Crippen LogP) is 2.75. The lowest BCUT2D eigenvalue weighted by Gasteiger charge is -2.45. The lowest BCUT2D eigenvalue weighted by atomic mass is 9.88. The van der Waals surface area contributed by atoms with Crippen LogP contribution in [0.1, 0.15) is 11.3 Å². The van der Waals surface area contributed by atoms with Crippen molar-refractivity contribution < 1.29 is 22.7 Å². The van der Waals surface area contributed by atoms with Crippen LogP contribution >= 0.6 is 0 Å². The Morgan fingerprint density at radius 2 is 1.93 bits per heavy atom. The molecule has 1 aromatic carbocycles. The van der Waals surface area contributed by atoms with Gasteiger partial charge in [0, 0.05) is 32.1 Å². The summed E-state index contributed by atoms with van der Waals surface area (Å²) in [6.45, 7) is 1.26. The molecule has 142 valence electrons. The molecule has 2 aliphatic rings. The van der Waals surface area contributed by atoms with Crippen molar-refractivity contribution in [1.82, 2.24) is 14.9 Å². The molecule has 2 aliphatic heterocycles. The van der Waals surface area contributed by atoms with E-state index in [1.165, 1.54) is 0 Å². The van der Waals surface area contributed by atoms with Crippen LogP contribution in [0.5, 0.6) is 0 Å².